The maximum Gasteiger partial charge on any atom is 0.123 e. The van der Waals surface area contributed by atoms with Crippen LogP contribution in [0.15, 0.2) is 122 Å². The predicted molar refractivity (Wildman–Crippen MR) is 171 cm³/mol. The maximum absolute atomic E-state index is 14.4. The van der Waals surface area contributed by atoms with Crippen LogP contribution in [0.2, 0.25) is 0 Å². The third kappa shape index (κ3) is 7.20. The van der Waals surface area contributed by atoms with Gasteiger partial charge in [-0.15, -0.1) is 0 Å². The predicted octanol–water partition coefficient (Wildman–Crippen LogP) is 8.94. The summed E-state index contributed by atoms with van der Waals surface area (Å²) in [4.78, 5) is 14.6. The zero-order chi connectivity index (χ0) is 32.7. The summed E-state index contributed by atoms with van der Waals surface area (Å²) in [6.45, 7) is 0. The Bertz CT molecular complexity index is 1590. The molecule has 2 N–H and O–H groups in total. The first kappa shape index (κ1) is 31.9. The molecule has 47 heavy (non-hydrogen) atoms. The van der Waals surface area contributed by atoms with Crippen LogP contribution >= 0.6 is 0 Å². The number of halogens is 4. The van der Waals surface area contributed by atoms with E-state index in [9.17, 15) is 17.6 Å². The number of ether oxygens (including phenoxy) is 1. The molecule has 0 saturated heterocycles. The van der Waals surface area contributed by atoms with Crippen molar-refractivity contribution in [2.24, 2.45) is 0 Å². The van der Waals surface area contributed by atoms with Crippen LogP contribution in [-0.2, 0) is 28.8 Å². The fraction of sp³-hybridized carbons (Fsp3) is 0.211. The topological polar surface area (TPSA) is 66.6 Å². The van der Waals surface area contributed by atoms with Gasteiger partial charge in [0.15, 0.2) is 0 Å². The van der Waals surface area contributed by atoms with E-state index < -0.39 is 34.5 Å². The standard InChI is InChI=1S/C38H34F4N4O/c39-31-13-5-27(6-14-31)37(28-7-15-32(40)16-8-28,21-1-3-35-23-43-25-45-35)47-38(29-9-17-33(41)18-10-29,30-11-19-34(42)20-12-30)22-2-4-36-24-44-26-46-36/h5-20,23-26H,1-4,21-22H2,(H,43,45)(H,44,46). The number of nitrogens with one attached hydrogen (secondary N) is 2. The number of rotatable bonds is 14. The van der Waals surface area contributed by atoms with E-state index in [0.717, 1.165) is 11.4 Å². The van der Waals surface area contributed by atoms with Gasteiger partial charge in [0.25, 0.3) is 0 Å². The number of aromatic nitrogens is 4. The van der Waals surface area contributed by atoms with Crippen molar-refractivity contribution in [3.63, 3.8) is 0 Å². The third-order valence-corrected chi connectivity index (χ3v) is 8.65. The van der Waals surface area contributed by atoms with Crippen molar-refractivity contribution in [3.05, 3.63) is 179 Å². The Hall–Kier alpha value is -5.02. The molecule has 240 valence electrons. The Kier molecular flexibility index (Phi) is 9.63. The lowest BCUT2D eigenvalue weighted by Gasteiger charge is -2.46. The lowest BCUT2D eigenvalue weighted by molar-refractivity contribution is -0.135. The van der Waals surface area contributed by atoms with Gasteiger partial charge in [-0.3, -0.25) is 0 Å². The van der Waals surface area contributed by atoms with E-state index in [4.69, 9.17) is 4.74 Å². The summed E-state index contributed by atoms with van der Waals surface area (Å²) < 4.78 is 65.4. The Morgan fingerprint density at radius 1 is 0.468 bits per heavy atom. The van der Waals surface area contributed by atoms with Crippen LogP contribution in [0.25, 0.3) is 0 Å². The van der Waals surface area contributed by atoms with Gasteiger partial charge in [-0.1, -0.05) is 48.5 Å². The second-order valence-electron chi connectivity index (χ2n) is 11.6. The highest BCUT2D eigenvalue weighted by Gasteiger charge is 2.46. The van der Waals surface area contributed by atoms with Crippen LogP contribution < -0.4 is 0 Å². The molecular weight excluding hydrogens is 604 g/mol. The van der Waals surface area contributed by atoms with Gasteiger partial charge in [0.05, 0.1) is 12.7 Å². The van der Waals surface area contributed by atoms with Crippen LogP contribution in [0.4, 0.5) is 17.6 Å². The molecule has 0 bridgehead atoms. The molecule has 5 nitrogen and oxygen atoms in total. The third-order valence-electron chi connectivity index (χ3n) is 8.65. The van der Waals surface area contributed by atoms with E-state index in [2.05, 4.69) is 19.9 Å². The summed E-state index contributed by atoms with van der Waals surface area (Å²) in [5.41, 5.74) is 1.93. The summed E-state index contributed by atoms with van der Waals surface area (Å²) >= 11 is 0. The van der Waals surface area contributed by atoms with Gasteiger partial charge in [-0.25, -0.2) is 27.5 Å². The average molecular weight is 639 g/mol. The molecule has 0 aliphatic heterocycles. The van der Waals surface area contributed by atoms with E-state index in [1.165, 1.54) is 48.5 Å². The Morgan fingerprint density at radius 2 is 0.766 bits per heavy atom. The van der Waals surface area contributed by atoms with Gasteiger partial charge in [0.2, 0.25) is 0 Å². The highest BCUT2D eigenvalue weighted by atomic mass is 19.1. The minimum Gasteiger partial charge on any atom is -0.350 e. The summed E-state index contributed by atoms with van der Waals surface area (Å²) in [5, 5.41) is 0. The van der Waals surface area contributed by atoms with Gasteiger partial charge in [-0.2, -0.15) is 0 Å². The van der Waals surface area contributed by atoms with Crippen molar-refractivity contribution >= 4 is 0 Å². The molecule has 4 aromatic carbocycles. The lowest BCUT2D eigenvalue weighted by Crippen LogP contribution is -2.43. The molecule has 0 aliphatic carbocycles. The van der Waals surface area contributed by atoms with Gasteiger partial charge >= 0.3 is 0 Å². The van der Waals surface area contributed by atoms with Crippen molar-refractivity contribution in [2.75, 3.05) is 0 Å². The molecule has 2 aromatic heterocycles. The van der Waals surface area contributed by atoms with E-state index in [-0.39, 0.29) is 0 Å². The van der Waals surface area contributed by atoms with Crippen molar-refractivity contribution < 1.29 is 22.3 Å². The summed E-state index contributed by atoms with van der Waals surface area (Å²) in [6, 6.07) is 24.5. The van der Waals surface area contributed by atoms with Crippen LogP contribution in [-0.4, -0.2) is 19.9 Å². The van der Waals surface area contributed by atoms with E-state index in [1.54, 1.807) is 73.6 Å². The number of nitrogens with zero attached hydrogens (tertiary/aromatic N) is 2. The quantitative estimate of drug-likeness (QED) is 0.117. The summed E-state index contributed by atoms with van der Waals surface area (Å²) in [7, 11) is 0. The fourth-order valence-corrected chi connectivity index (χ4v) is 6.32. The highest BCUT2D eigenvalue weighted by molar-refractivity contribution is 5.42. The van der Waals surface area contributed by atoms with Crippen molar-refractivity contribution in [1.29, 1.82) is 0 Å². The molecule has 0 spiro atoms. The molecule has 0 radical (unpaired) electrons. The molecule has 0 atom stereocenters. The van der Waals surface area contributed by atoms with E-state index in [1.807, 2.05) is 0 Å². The van der Waals surface area contributed by atoms with Crippen molar-refractivity contribution in [1.82, 2.24) is 19.9 Å². The first-order valence-corrected chi connectivity index (χ1v) is 15.6. The van der Waals surface area contributed by atoms with Crippen LogP contribution in [0.5, 0.6) is 0 Å². The SMILES string of the molecule is Fc1ccc(C(CCCc2cnc[nH]2)(OC(CCCc2cnc[nH]2)(c2ccc(F)cc2)c2ccc(F)cc2)c2ccc(F)cc2)cc1. The number of benzene rings is 4. The number of aryl methyl sites for hydroxylation is 2. The average Bonchev–Trinajstić information content (AvgIpc) is 3.80. The number of hydrogen-bond acceptors (Lipinski definition) is 3. The lowest BCUT2D eigenvalue weighted by atomic mass is 9.77. The molecule has 0 aliphatic rings. The second kappa shape index (κ2) is 14.2. The molecular formula is C38H34F4N4O. The molecule has 0 amide bonds. The molecule has 6 aromatic rings. The first-order chi connectivity index (χ1) is 22.9. The van der Waals surface area contributed by atoms with Gasteiger partial charge in [0.1, 0.15) is 34.5 Å². The normalized spacial score (nSPS) is 12.0. The van der Waals surface area contributed by atoms with Gasteiger partial charge in [0, 0.05) is 23.8 Å². The molecule has 2 heterocycles. The van der Waals surface area contributed by atoms with Crippen LogP contribution in [0.1, 0.15) is 59.3 Å². The first-order valence-electron chi connectivity index (χ1n) is 15.6. The van der Waals surface area contributed by atoms with E-state index in [0.29, 0.717) is 60.8 Å². The molecule has 0 fully saturated rings. The number of H-pyrrole nitrogens is 2. The number of aromatic amines is 2. The Balaban J connectivity index is 1.56. The smallest absolute Gasteiger partial charge is 0.123 e. The van der Waals surface area contributed by atoms with E-state index >= 15 is 0 Å². The number of hydrogen-bond donors (Lipinski definition) is 2. The molecule has 0 saturated carbocycles. The molecule has 9 heteroatoms. The Morgan fingerprint density at radius 3 is 1.02 bits per heavy atom. The number of imidazole rings is 2. The fourth-order valence-electron chi connectivity index (χ4n) is 6.32. The zero-order valence-corrected chi connectivity index (χ0v) is 25.6. The highest BCUT2D eigenvalue weighted by Crippen LogP contribution is 2.49. The molecule has 0 unspecified atom stereocenters. The Labute approximate surface area is 270 Å². The minimum absolute atomic E-state index is 0.397. The van der Waals surface area contributed by atoms with Crippen molar-refractivity contribution in [2.45, 2.75) is 49.7 Å². The second-order valence-corrected chi connectivity index (χ2v) is 11.6. The van der Waals surface area contributed by atoms with Crippen LogP contribution in [0, 0.1) is 23.3 Å². The summed E-state index contributed by atoms with van der Waals surface area (Å²) in [6.07, 6.45) is 10.0. The zero-order valence-electron chi connectivity index (χ0n) is 25.6. The van der Waals surface area contributed by atoms with Gasteiger partial charge < -0.3 is 14.7 Å². The minimum atomic E-state index is -1.27. The maximum atomic E-state index is 14.4. The van der Waals surface area contributed by atoms with Crippen molar-refractivity contribution in [3.8, 4) is 0 Å². The summed E-state index contributed by atoms with van der Waals surface area (Å²) in [5.74, 6) is -1.66. The largest absolute Gasteiger partial charge is 0.350 e. The molecule has 6 rings (SSSR count). The van der Waals surface area contributed by atoms with Gasteiger partial charge in [-0.05, 0) is 109 Å². The van der Waals surface area contributed by atoms with Crippen LogP contribution in [0.3, 0.4) is 0 Å². The monoisotopic (exact) mass is 638 g/mol.